The monoisotopic (exact) mass is 525 g/mol. The van der Waals surface area contributed by atoms with Crippen LogP contribution in [0.15, 0.2) is 12.3 Å². The summed E-state index contributed by atoms with van der Waals surface area (Å²) in [5, 5.41) is 0.687. The lowest BCUT2D eigenvalue weighted by Gasteiger charge is -2.42. The molecule has 4 rings (SSSR count). The average molecular weight is 526 g/mol. The number of piperidine rings is 2. The van der Waals surface area contributed by atoms with Crippen LogP contribution in [0.5, 0.6) is 0 Å². The van der Waals surface area contributed by atoms with Crippen molar-refractivity contribution in [1.82, 2.24) is 14.9 Å². The van der Waals surface area contributed by atoms with Crippen molar-refractivity contribution < 1.29 is 22.7 Å². The lowest BCUT2D eigenvalue weighted by atomic mass is 9.94. The van der Waals surface area contributed by atoms with E-state index in [1.165, 1.54) is 11.3 Å². The van der Waals surface area contributed by atoms with Gasteiger partial charge in [0.05, 0.1) is 30.4 Å². The first-order valence-corrected chi connectivity index (χ1v) is 13.4. The molecule has 4 heterocycles. The van der Waals surface area contributed by atoms with Gasteiger partial charge in [-0.05, 0) is 45.1 Å². The van der Waals surface area contributed by atoms with Gasteiger partial charge in [0.1, 0.15) is 16.5 Å². The van der Waals surface area contributed by atoms with Crippen LogP contribution >= 0.6 is 11.3 Å². The van der Waals surface area contributed by atoms with Crippen molar-refractivity contribution >= 4 is 22.4 Å². The fraction of sp³-hybridized carbons (Fsp3) is 0.640. The van der Waals surface area contributed by atoms with Crippen LogP contribution in [0.1, 0.15) is 60.1 Å². The van der Waals surface area contributed by atoms with Gasteiger partial charge in [-0.3, -0.25) is 14.7 Å². The number of halogens is 3. The third-order valence-electron chi connectivity index (χ3n) is 6.94. The molecule has 2 atom stereocenters. The number of rotatable bonds is 10. The molecule has 0 radical (unpaired) electrons. The van der Waals surface area contributed by atoms with Crippen LogP contribution in [-0.2, 0) is 11.2 Å². The highest BCUT2D eigenvalue weighted by Crippen LogP contribution is 2.32. The number of likely N-dealkylation sites (tertiary alicyclic amines) is 1. The number of anilines is 1. The molecule has 0 saturated carbocycles. The van der Waals surface area contributed by atoms with E-state index in [2.05, 4.69) is 19.8 Å². The van der Waals surface area contributed by atoms with E-state index < -0.39 is 23.7 Å². The molecule has 2 N–H and O–H groups in total. The van der Waals surface area contributed by atoms with Crippen LogP contribution in [0.3, 0.4) is 0 Å². The van der Waals surface area contributed by atoms with Crippen LogP contribution in [0.2, 0.25) is 0 Å². The SMILES string of the molecule is CC(F)CCOCC1CCCN(C2CCN(c3nc(Cc4ncc(F)cc4F)c(C(N)=O)s3)CC2)C1. The Morgan fingerprint density at radius 3 is 2.72 bits per heavy atom. The highest BCUT2D eigenvalue weighted by Gasteiger charge is 2.30. The molecule has 2 aliphatic heterocycles. The molecule has 0 aliphatic carbocycles. The zero-order valence-electron chi connectivity index (χ0n) is 20.6. The number of hydrogen-bond donors (Lipinski definition) is 1. The number of carbonyl (C=O) groups excluding carboxylic acids is 1. The van der Waals surface area contributed by atoms with Crippen molar-refractivity contribution in [3.05, 3.63) is 40.2 Å². The number of carbonyl (C=O) groups is 1. The third-order valence-corrected chi connectivity index (χ3v) is 8.12. The highest BCUT2D eigenvalue weighted by atomic mass is 32.1. The van der Waals surface area contributed by atoms with Crippen LogP contribution in [-0.4, -0.2) is 72.4 Å². The second-order valence-corrected chi connectivity index (χ2v) is 10.7. The topological polar surface area (TPSA) is 84.6 Å². The molecule has 2 aromatic rings. The first-order valence-electron chi connectivity index (χ1n) is 12.6. The number of hydrogen-bond acceptors (Lipinski definition) is 7. The Hall–Kier alpha value is -2.24. The smallest absolute Gasteiger partial charge is 0.260 e. The quantitative estimate of drug-likeness (QED) is 0.473. The lowest BCUT2D eigenvalue weighted by molar-refractivity contribution is 0.0357. The molecule has 1 amide bonds. The van der Waals surface area contributed by atoms with E-state index in [0.717, 1.165) is 64.1 Å². The van der Waals surface area contributed by atoms with E-state index in [4.69, 9.17) is 10.5 Å². The third kappa shape index (κ3) is 6.95. The largest absolute Gasteiger partial charge is 0.381 e. The summed E-state index contributed by atoms with van der Waals surface area (Å²) in [5.41, 5.74) is 5.96. The summed E-state index contributed by atoms with van der Waals surface area (Å²) in [6.07, 6.45) is 4.76. The van der Waals surface area contributed by atoms with Crippen molar-refractivity contribution in [3.63, 3.8) is 0 Å². The summed E-state index contributed by atoms with van der Waals surface area (Å²) in [6, 6.07) is 1.24. The lowest BCUT2D eigenvalue weighted by Crippen LogP contribution is -2.49. The normalized spacial score (nSPS) is 20.6. The van der Waals surface area contributed by atoms with Crippen LogP contribution in [0.25, 0.3) is 0 Å². The average Bonchev–Trinajstić information content (AvgIpc) is 3.28. The second-order valence-electron chi connectivity index (χ2n) is 9.76. The van der Waals surface area contributed by atoms with E-state index in [0.29, 0.717) is 42.4 Å². The molecule has 2 aliphatic rings. The number of alkyl halides is 1. The van der Waals surface area contributed by atoms with Gasteiger partial charge in [-0.15, -0.1) is 0 Å². The van der Waals surface area contributed by atoms with Crippen molar-refractivity contribution in [1.29, 1.82) is 0 Å². The Balaban J connectivity index is 1.33. The molecule has 36 heavy (non-hydrogen) atoms. The molecule has 2 fully saturated rings. The van der Waals surface area contributed by atoms with Crippen molar-refractivity contribution in [2.75, 3.05) is 44.3 Å². The number of thiazole rings is 1. The first kappa shape index (κ1) is 26.8. The van der Waals surface area contributed by atoms with Crippen molar-refractivity contribution in [2.24, 2.45) is 11.7 Å². The molecule has 0 bridgehead atoms. The fourth-order valence-electron chi connectivity index (χ4n) is 5.00. The Bertz CT molecular complexity index is 1030. The van der Waals surface area contributed by atoms with E-state index >= 15 is 0 Å². The minimum absolute atomic E-state index is 0.0253. The van der Waals surface area contributed by atoms with E-state index in [1.54, 1.807) is 6.92 Å². The zero-order valence-corrected chi connectivity index (χ0v) is 21.4. The second kappa shape index (κ2) is 12.3. The molecule has 2 unspecified atom stereocenters. The Morgan fingerprint density at radius 1 is 1.25 bits per heavy atom. The molecule has 2 saturated heterocycles. The molecule has 198 valence electrons. The predicted molar refractivity (Wildman–Crippen MR) is 133 cm³/mol. The number of nitrogens with zero attached hydrogens (tertiary/aromatic N) is 4. The van der Waals surface area contributed by atoms with Gasteiger partial charge in [-0.1, -0.05) is 11.3 Å². The number of amides is 1. The summed E-state index contributed by atoms with van der Waals surface area (Å²) in [7, 11) is 0. The van der Waals surface area contributed by atoms with Crippen LogP contribution in [0.4, 0.5) is 18.3 Å². The maximum absolute atomic E-state index is 14.1. The Labute approximate surface area is 213 Å². The zero-order chi connectivity index (χ0) is 25.7. The highest BCUT2D eigenvalue weighted by molar-refractivity contribution is 7.17. The number of aromatic nitrogens is 2. The van der Waals surface area contributed by atoms with Gasteiger partial charge >= 0.3 is 0 Å². The molecular weight excluding hydrogens is 491 g/mol. The van der Waals surface area contributed by atoms with Crippen molar-refractivity contribution in [3.8, 4) is 0 Å². The van der Waals surface area contributed by atoms with Gasteiger partial charge in [0.25, 0.3) is 5.91 Å². The Morgan fingerprint density at radius 2 is 2.03 bits per heavy atom. The minimum atomic E-state index is -0.827. The summed E-state index contributed by atoms with van der Waals surface area (Å²) < 4.78 is 46.0. The van der Waals surface area contributed by atoms with Crippen LogP contribution in [0, 0.1) is 17.6 Å². The summed E-state index contributed by atoms with van der Waals surface area (Å²) in [6.45, 7) is 6.38. The number of primary amides is 1. The van der Waals surface area contributed by atoms with Crippen LogP contribution < -0.4 is 10.6 Å². The maximum Gasteiger partial charge on any atom is 0.260 e. The number of nitrogens with two attached hydrogens (primary N) is 1. The van der Waals surface area contributed by atoms with Gasteiger partial charge in [0.15, 0.2) is 5.13 Å². The molecule has 0 spiro atoms. The minimum Gasteiger partial charge on any atom is -0.381 e. The standard InChI is InChI=1S/C25H34F3N5O2S/c1-16(26)6-10-35-15-17-3-2-7-33(14-17)19-4-8-32(9-5-19)25-31-22(23(36-25)24(29)34)12-21-20(28)11-18(27)13-30-21/h11,13,16-17,19H,2-10,12,14-15H2,1H3,(H2,29,34). The molecule has 2 aromatic heterocycles. The summed E-state index contributed by atoms with van der Waals surface area (Å²) in [5.74, 6) is -1.67. The van der Waals surface area contributed by atoms with Gasteiger partial charge < -0.3 is 15.4 Å². The van der Waals surface area contributed by atoms with E-state index in [-0.39, 0.29) is 17.0 Å². The number of ether oxygens (including phenoxy) is 1. The predicted octanol–water partition coefficient (Wildman–Crippen LogP) is 3.95. The molecular formula is C25H34F3N5O2S. The van der Waals surface area contributed by atoms with Gasteiger partial charge in [-0.2, -0.15) is 0 Å². The van der Waals surface area contributed by atoms with Gasteiger partial charge in [0.2, 0.25) is 0 Å². The van der Waals surface area contributed by atoms with E-state index in [1.807, 2.05) is 0 Å². The van der Waals surface area contributed by atoms with Crippen molar-refractivity contribution in [2.45, 2.75) is 57.7 Å². The van der Waals surface area contributed by atoms with Gasteiger partial charge in [-0.25, -0.2) is 18.2 Å². The van der Waals surface area contributed by atoms with E-state index in [9.17, 15) is 18.0 Å². The fourth-order valence-corrected chi connectivity index (χ4v) is 5.99. The molecule has 11 heteroatoms. The summed E-state index contributed by atoms with van der Waals surface area (Å²) >= 11 is 1.21. The maximum atomic E-state index is 14.1. The molecule has 7 nitrogen and oxygen atoms in total. The Kier molecular flexibility index (Phi) is 9.19. The van der Waals surface area contributed by atoms with Gasteiger partial charge in [0, 0.05) is 51.2 Å². The first-order chi connectivity index (χ1) is 17.3. The molecule has 0 aromatic carbocycles. The number of pyridine rings is 1. The summed E-state index contributed by atoms with van der Waals surface area (Å²) in [4.78, 5) is 25.4.